The van der Waals surface area contributed by atoms with E-state index in [1.54, 1.807) is 0 Å². The predicted octanol–water partition coefficient (Wildman–Crippen LogP) is 8.48. The van der Waals surface area contributed by atoms with Crippen LogP contribution in [0.1, 0.15) is 54.0 Å². The van der Waals surface area contributed by atoms with Crippen LogP contribution in [0.5, 0.6) is 0 Å². The normalized spacial score (nSPS) is 17.2. The summed E-state index contributed by atoms with van der Waals surface area (Å²) in [4.78, 5) is 0. The fourth-order valence-corrected chi connectivity index (χ4v) is 13.6. The van der Waals surface area contributed by atoms with E-state index in [9.17, 15) is 0 Å². The fraction of sp³-hybridized carbons (Fsp3) is 0.333. The quantitative estimate of drug-likeness (QED) is 0.299. The summed E-state index contributed by atoms with van der Waals surface area (Å²) in [6, 6.07) is 31.3. The van der Waals surface area contributed by atoms with Crippen LogP contribution in [0.2, 0.25) is 0 Å². The van der Waals surface area contributed by atoms with Crippen LogP contribution in [-0.4, -0.2) is 16.0 Å². The Hall–Kier alpha value is -2.00. The van der Waals surface area contributed by atoms with Gasteiger partial charge in [-0.25, -0.2) is 0 Å². The first-order valence-electron chi connectivity index (χ1n) is 12.8. The van der Waals surface area contributed by atoms with Gasteiger partial charge in [-0.05, 0) is 50.9 Å². The van der Waals surface area contributed by atoms with Crippen molar-refractivity contribution in [3.8, 4) is 0 Å². The van der Waals surface area contributed by atoms with Crippen LogP contribution in [0, 0.1) is 5.92 Å². The Kier molecular flexibility index (Phi) is 7.86. The van der Waals surface area contributed by atoms with Gasteiger partial charge in [0.15, 0.2) is 0 Å². The van der Waals surface area contributed by atoms with E-state index in [0.29, 0.717) is 21.9 Å². The minimum atomic E-state index is -0.645. The average Bonchev–Trinajstić information content (AvgIpc) is 3.29. The maximum atomic E-state index is 2.51. The molecule has 0 aromatic heterocycles. The zero-order chi connectivity index (χ0) is 25.2. The maximum Gasteiger partial charge on any atom is 0.00925 e. The molecule has 1 aliphatic rings. The molecule has 2 heteroatoms. The van der Waals surface area contributed by atoms with Gasteiger partial charge in [0.1, 0.15) is 0 Å². The van der Waals surface area contributed by atoms with Gasteiger partial charge < -0.3 is 0 Å². The van der Waals surface area contributed by atoms with Crippen LogP contribution in [0.15, 0.2) is 103 Å². The molecule has 0 heterocycles. The largest absolute Gasteiger partial charge is 0.0918 e. The molecule has 0 saturated heterocycles. The Morgan fingerprint density at radius 3 is 1.66 bits per heavy atom. The molecule has 35 heavy (non-hydrogen) atoms. The molecule has 3 aromatic rings. The second-order valence-electron chi connectivity index (χ2n) is 11.5. The highest BCUT2D eigenvalue weighted by Crippen LogP contribution is 2.65. The molecule has 182 valence electrons. The molecule has 0 spiro atoms. The van der Waals surface area contributed by atoms with Crippen LogP contribution in [-0.2, 0) is 0 Å². The van der Waals surface area contributed by atoms with E-state index in [1.165, 1.54) is 27.1 Å². The summed E-state index contributed by atoms with van der Waals surface area (Å²) in [6.45, 7) is 17.2. The molecule has 2 atom stereocenters. The Morgan fingerprint density at radius 1 is 0.657 bits per heavy atom. The van der Waals surface area contributed by atoms with Crippen molar-refractivity contribution in [3.05, 3.63) is 109 Å². The molecule has 0 radical (unpaired) electrons. The van der Waals surface area contributed by atoms with Crippen LogP contribution in [0.4, 0.5) is 0 Å². The molecule has 0 N–H and O–H groups in total. The first-order chi connectivity index (χ1) is 16.6. The van der Waals surface area contributed by atoms with Gasteiger partial charge in [-0.1, -0.05) is 160 Å². The van der Waals surface area contributed by atoms with Crippen LogP contribution >= 0.6 is 15.8 Å². The van der Waals surface area contributed by atoms with Crippen LogP contribution in [0.25, 0.3) is 5.57 Å². The minimum absolute atomic E-state index is 0.231. The zero-order valence-electron chi connectivity index (χ0n) is 22.4. The van der Waals surface area contributed by atoms with Gasteiger partial charge in [0.05, 0.1) is 0 Å². The maximum absolute atomic E-state index is 2.51. The average molecular weight is 499 g/mol. The SMILES string of the molecule is C[C@H]([C@@H]1C=CC=C1c1ccccc1P(c1ccccc1)c1ccccc1)P(C(C)(C)C)C(C)(C)C. The molecule has 3 aromatic carbocycles. The summed E-state index contributed by atoms with van der Waals surface area (Å²) in [5.41, 5.74) is 3.52. The van der Waals surface area contributed by atoms with E-state index >= 15 is 0 Å². The van der Waals surface area contributed by atoms with Gasteiger partial charge in [-0.2, -0.15) is 0 Å². The third kappa shape index (κ3) is 5.71. The lowest BCUT2D eigenvalue weighted by molar-refractivity contribution is 0.665. The summed E-state index contributed by atoms with van der Waals surface area (Å²) in [7, 11) is -0.876. The Balaban J connectivity index is 1.81. The van der Waals surface area contributed by atoms with Gasteiger partial charge in [0.2, 0.25) is 0 Å². The van der Waals surface area contributed by atoms with Crippen LogP contribution in [0.3, 0.4) is 0 Å². The van der Waals surface area contributed by atoms with Gasteiger partial charge in [-0.3, -0.25) is 0 Å². The number of rotatable bonds is 6. The van der Waals surface area contributed by atoms with Gasteiger partial charge in [0.25, 0.3) is 0 Å². The van der Waals surface area contributed by atoms with E-state index in [2.05, 4.69) is 152 Å². The molecular formula is C33H40P2. The molecule has 4 rings (SSSR count). The van der Waals surface area contributed by atoms with E-state index in [4.69, 9.17) is 0 Å². The molecule has 0 unspecified atom stereocenters. The third-order valence-corrected chi connectivity index (χ3v) is 13.3. The number of hydrogen-bond acceptors (Lipinski definition) is 0. The molecule has 0 fully saturated rings. The van der Waals surface area contributed by atoms with Crippen molar-refractivity contribution in [3.63, 3.8) is 0 Å². The summed E-state index contributed by atoms with van der Waals surface area (Å²) in [5, 5.41) is 4.87. The molecule has 0 saturated carbocycles. The third-order valence-electron chi connectivity index (χ3n) is 6.81. The first kappa shape index (κ1) is 26.1. The van der Waals surface area contributed by atoms with E-state index < -0.39 is 7.92 Å². The highest BCUT2D eigenvalue weighted by Gasteiger charge is 2.42. The second kappa shape index (κ2) is 10.5. The van der Waals surface area contributed by atoms with Crippen molar-refractivity contribution in [1.82, 2.24) is 0 Å². The second-order valence-corrected chi connectivity index (χ2v) is 17.9. The fourth-order valence-electron chi connectivity index (χ4n) is 6.07. The van der Waals surface area contributed by atoms with Crippen molar-refractivity contribution in [2.24, 2.45) is 5.92 Å². The van der Waals surface area contributed by atoms with E-state index in [1.807, 2.05) is 0 Å². The van der Waals surface area contributed by atoms with Crippen molar-refractivity contribution in [2.75, 3.05) is 0 Å². The van der Waals surface area contributed by atoms with Crippen LogP contribution < -0.4 is 15.9 Å². The Labute approximate surface area is 216 Å². The van der Waals surface area contributed by atoms with E-state index in [0.717, 1.165) is 0 Å². The lowest BCUT2D eigenvalue weighted by Gasteiger charge is -2.47. The predicted molar refractivity (Wildman–Crippen MR) is 162 cm³/mol. The molecule has 0 amide bonds. The van der Waals surface area contributed by atoms with Crippen molar-refractivity contribution in [2.45, 2.75) is 64.4 Å². The molecular weight excluding hydrogens is 458 g/mol. The summed E-state index contributed by atoms with van der Waals surface area (Å²) < 4.78 is 0. The Bertz CT molecular complexity index is 1120. The smallest absolute Gasteiger partial charge is 0.00925 e. The summed E-state index contributed by atoms with van der Waals surface area (Å²) in [6.07, 6.45) is 7.17. The molecule has 0 bridgehead atoms. The lowest BCUT2D eigenvalue weighted by atomic mass is 9.93. The van der Waals surface area contributed by atoms with Crippen molar-refractivity contribution < 1.29 is 0 Å². The van der Waals surface area contributed by atoms with Crippen molar-refractivity contribution in [1.29, 1.82) is 0 Å². The highest BCUT2D eigenvalue weighted by atomic mass is 31.1. The topological polar surface area (TPSA) is 0 Å². The Morgan fingerprint density at radius 2 is 1.14 bits per heavy atom. The highest BCUT2D eigenvalue weighted by molar-refractivity contribution is 7.80. The summed E-state index contributed by atoms with van der Waals surface area (Å²) in [5.74, 6) is 0.448. The van der Waals surface area contributed by atoms with Gasteiger partial charge >= 0.3 is 0 Å². The lowest BCUT2D eigenvalue weighted by Crippen LogP contribution is -2.34. The monoisotopic (exact) mass is 498 g/mol. The number of benzene rings is 3. The molecule has 0 aliphatic heterocycles. The van der Waals surface area contributed by atoms with Gasteiger partial charge in [0, 0.05) is 5.92 Å². The summed E-state index contributed by atoms with van der Waals surface area (Å²) >= 11 is 0. The standard InChI is InChI=1S/C33H40P2/c1-25(35(32(2,3)4)33(5,6)7)28-22-16-23-29(28)30-21-14-15-24-31(30)34(26-17-10-8-11-18-26)27-19-12-9-13-20-27/h8-25,28H,1-7H3/t25-,28+/m1/s1. The number of allylic oxidation sites excluding steroid dienone is 4. The molecule has 0 nitrogen and oxygen atoms in total. The van der Waals surface area contributed by atoms with Crippen molar-refractivity contribution >= 4 is 37.3 Å². The zero-order valence-corrected chi connectivity index (χ0v) is 24.2. The number of hydrogen-bond donors (Lipinski definition) is 0. The minimum Gasteiger partial charge on any atom is -0.0918 e. The molecule has 1 aliphatic carbocycles. The van der Waals surface area contributed by atoms with Gasteiger partial charge in [-0.15, -0.1) is 0 Å². The van der Waals surface area contributed by atoms with E-state index in [-0.39, 0.29) is 7.92 Å². The first-order valence-corrected chi connectivity index (χ1v) is 15.5.